The largest absolute Gasteiger partial charge is 0.497 e. The van der Waals surface area contributed by atoms with Gasteiger partial charge >= 0.3 is 0 Å². The summed E-state index contributed by atoms with van der Waals surface area (Å²) in [4.78, 5) is 11.4. The van der Waals surface area contributed by atoms with E-state index < -0.39 is 0 Å². The van der Waals surface area contributed by atoms with Gasteiger partial charge in [-0.1, -0.05) is 6.07 Å². The smallest absolute Gasteiger partial charge is 0.258 e. The highest BCUT2D eigenvalue weighted by atomic mass is 35.5. The molecule has 0 saturated carbocycles. The predicted octanol–water partition coefficient (Wildman–Crippen LogP) is 0.959. The van der Waals surface area contributed by atoms with Gasteiger partial charge in [0.15, 0.2) is 6.61 Å². The van der Waals surface area contributed by atoms with Crippen LogP contribution in [0.2, 0.25) is 0 Å². The first kappa shape index (κ1) is 16.5. The van der Waals surface area contributed by atoms with E-state index in [-0.39, 0.29) is 31.0 Å². The topological polar surface area (TPSA) is 73.6 Å². The normalized spacial score (nSPS) is 11.1. The second kappa shape index (κ2) is 8.60. The summed E-state index contributed by atoms with van der Waals surface area (Å²) in [7, 11) is 1.58. The molecule has 5 nitrogen and oxygen atoms in total. The highest BCUT2D eigenvalue weighted by molar-refractivity contribution is 5.85. The Morgan fingerprint density at radius 2 is 2.11 bits per heavy atom. The molecule has 3 N–H and O–H groups in total. The zero-order valence-corrected chi connectivity index (χ0v) is 11.3. The fraction of sp³-hybridized carbons (Fsp3) is 0.417. The first-order valence-electron chi connectivity index (χ1n) is 5.42. The van der Waals surface area contributed by atoms with Crippen LogP contribution >= 0.6 is 12.4 Å². The third kappa shape index (κ3) is 5.75. The molecule has 0 aliphatic heterocycles. The van der Waals surface area contributed by atoms with Crippen LogP contribution in [0.25, 0.3) is 0 Å². The maximum Gasteiger partial charge on any atom is 0.258 e. The molecule has 6 heteroatoms. The van der Waals surface area contributed by atoms with Gasteiger partial charge in [-0.2, -0.15) is 0 Å². The number of carbonyl (C=O) groups is 1. The lowest BCUT2D eigenvalue weighted by atomic mass is 10.3. The molecule has 1 aromatic carbocycles. The molecule has 0 unspecified atom stereocenters. The van der Waals surface area contributed by atoms with Crippen LogP contribution in [0.5, 0.6) is 11.5 Å². The van der Waals surface area contributed by atoms with Crippen molar-refractivity contribution < 1.29 is 14.3 Å². The zero-order chi connectivity index (χ0) is 12.7. The summed E-state index contributed by atoms with van der Waals surface area (Å²) in [6.07, 6.45) is 0. The molecule has 0 saturated heterocycles. The van der Waals surface area contributed by atoms with Crippen molar-refractivity contribution in [2.45, 2.75) is 13.0 Å². The summed E-state index contributed by atoms with van der Waals surface area (Å²) >= 11 is 0. The van der Waals surface area contributed by atoms with Crippen LogP contribution in [-0.2, 0) is 4.79 Å². The van der Waals surface area contributed by atoms with Crippen molar-refractivity contribution in [3.63, 3.8) is 0 Å². The van der Waals surface area contributed by atoms with Crippen molar-refractivity contribution in [2.24, 2.45) is 5.73 Å². The number of hydrogen-bond acceptors (Lipinski definition) is 4. The van der Waals surface area contributed by atoms with Crippen LogP contribution in [0.1, 0.15) is 6.92 Å². The van der Waals surface area contributed by atoms with Gasteiger partial charge in [0, 0.05) is 18.7 Å². The summed E-state index contributed by atoms with van der Waals surface area (Å²) in [6, 6.07) is 7.05. The highest BCUT2D eigenvalue weighted by Gasteiger charge is 2.06. The van der Waals surface area contributed by atoms with Gasteiger partial charge in [0.05, 0.1) is 7.11 Å². The number of nitrogens with one attached hydrogen (secondary N) is 1. The molecule has 1 atom stereocenters. The Labute approximate surface area is 113 Å². The van der Waals surface area contributed by atoms with Crippen LogP contribution < -0.4 is 20.5 Å². The van der Waals surface area contributed by atoms with E-state index in [1.807, 2.05) is 13.0 Å². The molecule has 0 aromatic heterocycles. The van der Waals surface area contributed by atoms with Crippen LogP contribution in [0.3, 0.4) is 0 Å². The molecule has 0 heterocycles. The zero-order valence-electron chi connectivity index (χ0n) is 10.5. The van der Waals surface area contributed by atoms with Crippen molar-refractivity contribution in [1.82, 2.24) is 5.32 Å². The van der Waals surface area contributed by atoms with E-state index in [9.17, 15) is 4.79 Å². The average Bonchev–Trinajstić information content (AvgIpc) is 2.36. The summed E-state index contributed by atoms with van der Waals surface area (Å²) in [5, 5.41) is 2.71. The van der Waals surface area contributed by atoms with Crippen LogP contribution in [0.4, 0.5) is 0 Å². The van der Waals surface area contributed by atoms with E-state index in [0.717, 1.165) is 0 Å². The predicted molar refractivity (Wildman–Crippen MR) is 72.4 cm³/mol. The summed E-state index contributed by atoms with van der Waals surface area (Å²) in [5.74, 6) is 1.10. The fourth-order valence-corrected chi connectivity index (χ4v) is 1.22. The number of amides is 1. The SMILES string of the molecule is COc1cccc(OCC(=O)N[C@@H](C)CN)c1.Cl. The van der Waals surface area contributed by atoms with E-state index in [1.54, 1.807) is 25.3 Å². The number of hydrogen-bond donors (Lipinski definition) is 2. The van der Waals surface area contributed by atoms with E-state index >= 15 is 0 Å². The third-order valence-corrected chi connectivity index (χ3v) is 2.17. The quantitative estimate of drug-likeness (QED) is 0.810. The van der Waals surface area contributed by atoms with Crippen LogP contribution in [0, 0.1) is 0 Å². The third-order valence-electron chi connectivity index (χ3n) is 2.17. The number of carbonyl (C=O) groups excluding carboxylic acids is 1. The molecule has 0 aliphatic rings. The summed E-state index contributed by atoms with van der Waals surface area (Å²) in [5.41, 5.74) is 5.39. The Morgan fingerprint density at radius 1 is 1.44 bits per heavy atom. The standard InChI is InChI=1S/C12H18N2O3.ClH/c1-9(7-13)14-12(15)8-17-11-5-3-4-10(6-11)16-2;/h3-6,9H,7-8,13H2,1-2H3,(H,14,15);1H/t9-;/m0./s1. The Kier molecular flexibility index (Phi) is 7.91. The average molecular weight is 275 g/mol. The maximum atomic E-state index is 11.4. The minimum Gasteiger partial charge on any atom is -0.497 e. The fourth-order valence-electron chi connectivity index (χ4n) is 1.22. The van der Waals surface area contributed by atoms with Gasteiger partial charge in [0.25, 0.3) is 5.91 Å². The first-order valence-corrected chi connectivity index (χ1v) is 5.42. The lowest BCUT2D eigenvalue weighted by Crippen LogP contribution is -2.40. The molecule has 1 amide bonds. The Balaban J connectivity index is 0.00000289. The number of benzene rings is 1. The molecular weight excluding hydrogens is 256 g/mol. The lowest BCUT2D eigenvalue weighted by Gasteiger charge is -2.12. The molecule has 0 aliphatic carbocycles. The number of rotatable bonds is 6. The van der Waals surface area contributed by atoms with Crippen molar-refractivity contribution in [2.75, 3.05) is 20.3 Å². The van der Waals surface area contributed by atoms with E-state index in [4.69, 9.17) is 15.2 Å². The molecule has 1 rings (SSSR count). The molecule has 0 radical (unpaired) electrons. The van der Waals surface area contributed by atoms with Crippen molar-refractivity contribution in [1.29, 1.82) is 0 Å². The Morgan fingerprint density at radius 3 is 2.72 bits per heavy atom. The van der Waals surface area contributed by atoms with Gasteiger partial charge in [-0.05, 0) is 19.1 Å². The van der Waals surface area contributed by atoms with Gasteiger partial charge in [-0.15, -0.1) is 12.4 Å². The van der Waals surface area contributed by atoms with Crippen molar-refractivity contribution in [3.05, 3.63) is 24.3 Å². The van der Waals surface area contributed by atoms with Gasteiger partial charge in [0.2, 0.25) is 0 Å². The number of halogens is 1. The Bertz CT molecular complexity index is 374. The molecule has 1 aromatic rings. The van der Waals surface area contributed by atoms with Gasteiger partial charge in [-0.3, -0.25) is 4.79 Å². The molecule has 18 heavy (non-hydrogen) atoms. The van der Waals surface area contributed by atoms with Crippen molar-refractivity contribution in [3.8, 4) is 11.5 Å². The minimum atomic E-state index is -0.189. The van der Waals surface area contributed by atoms with Crippen molar-refractivity contribution >= 4 is 18.3 Å². The molecule has 0 spiro atoms. The molecular formula is C12H19ClN2O3. The Hall–Kier alpha value is -1.46. The van der Waals surface area contributed by atoms with Crippen LogP contribution in [0.15, 0.2) is 24.3 Å². The molecule has 0 bridgehead atoms. The summed E-state index contributed by atoms with van der Waals surface area (Å²) in [6.45, 7) is 2.21. The second-order valence-corrected chi connectivity index (χ2v) is 3.67. The monoisotopic (exact) mass is 274 g/mol. The lowest BCUT2D eigenvalue weighted by molar-refractivity contribution is -0.123. The van der Waals surface area contributed by atoms with Gasteiger partial charge < -0.3 is 20.5 Å². The van der Waals surface area contributed by atoms with Gasteiger partial charge in [-0.25, -0.2) is 0 Å². The minimum absolute atomic E-state index is 0. The van der Waals surface area contributed by atoms with E-state index in [0.29, 0.717) is 18.0 Å². The number of nitrogens with two attached hydrogens (primary N) is 1. The molecule has 0 fully saturated rings. The number of ether oxygens (including phenoxy) is 2. The van der Waals surface area contributed by atoms with Crippen LogP contribution in [-0.4, -0.2) is 32.2 Å². The first-order chi connectivity index (χ1) is 8.15. The highest BCUT2D eigenvalue weighted by Crippen LogP contribution is 2.18. The van der Waals surface area contributed by atoms with E-state index in [2.05, 4.69) is 5.32 Å². The second-order valence-electron chi connectivity index (χ2n) is 3.67. The van der Waals surface area contributed by atoms with E-state index in [1.165, 1.54) is 0 Å². The maximum absolute atomic E-state index is 11.4. The van der Waals surface area contributed by atoms with Gasteiger partial charge in [0.1, 0.15) is 11.5 Å². The number of methoxy groups -OCH3 is 1. The molecule has 102 valence electrons. The summed E-state index contributed by atoms with van der Waals surface area (Å²) < 4.78 is 10.4.